The topological polar surface area (TPSA) is 60.4 Å². The van der Waals surface area contributed by atoms with Gasteiger partial charge in [0.25, 0.3) is 0 Å². The van der Waals surface area contributed by atoms with Gasteiger partial charge in [-0.1, -0.05) is 46.3 Å². The summed E-state index contributed by atoms with van der Waals surface area (Å²) >= 11 is 3.44. The van der Waals surface area contributed by atoms with Crippen molar-refractivity contribution in [3.63, 3.8) is 0 Å². The molecule has 0 spiro atoms. The summed E-state index contributed by atoms with van der Waals surface area (Å²) in [7, 11) is 0. The van der Waals surface area contributed by atoms with Crippen molar-refractivity contribution < 1.29 is 4.42 Å². The monoisotopic (exact) mass is 341 g/mol. The van der Waals surface area contributed by atoms with E-state index in [0.717, 1.165) is 15.6 Å². The first-order valence-corrected chi connectivity index (χ1v) is 7.06. The van der Waals surface area contributed by atoms with E-state index in [0.29, 0.717) is 11.4 Å². The molecule has 6 heteroatoms. The molecule has 0 aliphatic carbocycles. The SMILES string of the molecule is O=c1nc(-c2ccccc2)n2c(n1)oc1ccc(Br)cc12. The van der Waals surface area contributed by atoms with Gasteiger partial charge in [-0.2, -0.15) is 4.98 Å². The van der Waals surface area contributed by atoms with E-state index in [-0.39, 0.29) is 5.84 Å². The summed E-state index contributed by atoms with van der Waals surface area (Å²) in [6.07, 6.45) is 0. The number of benzene rings is 2. The average Bonchev–Trinajstić information content (AvgIpc) is 2.84. The second-order valence-corrected chi connectivity index (χ2v) is 5.44. The highest BCUT2D eigenvalue weighted by Gasteiger charge is 2.14. The summed E-state index contributed by atoms with van der Waals surface area (Å²) in [5, 5.41) is 0. The number of nitrogens with zero attached hydrogens (tertiary/aromatic N) is 3. The van der Waals surface area contributed by atoms with Crippen LogP contribution in [0.15, 0.2) is 62.2 Å². The van der Waals surface area contributed by atoms with Gasteiger partial charge in [-0.3, -0.25) is 0 Å². The molecule has 0 saturated carbocycles. The van der Waals surface area contributed by atoms with Gasteiger partial charge in [-0.05, 0) is 18.2 Å². The normalized spacial score (nSPS) is 11.3. The fourth-order valence-electron chi connectivity index (χ4n) is 2.30. The molecule has 2 aromatic heterocycles. The predicted octanol–water partition coefficient (Wildman–Crippen LogP) is 3.27. The molecule has 0 N–H and O–H groups in total. The van der Waals surface area contributed by atoms with Crippen molar-refractivity contribution in [2.45, 2.75) is 0 Å². The Hall–Kier alpha value is -2.47. The van der Waals surface area contributed by atoms with Crippen molar-refractivity contribution in [3.8, 4) is 11.4 Å². The van der Waals surface area contributed by atoms with Crippen molar-refractivity contribution in [2.24, 2.45) is 0 Å². The van der Waals surface area contributed by atoms with E-state index in [1.807, 2.05) is 48.5 Å². The van der Waals surface area contributed by atoms with Gasteiger partial charge in [0.05, 0.1) is 5.52 Å². The second kappa shape index (κ2) is 4.53. The van der Waals surface area contributed by atoms with Crippen LogP contribution in [0.25, 0.3) is 28.3 Å². The smallest absolute Gasteiger partial charge is 0.373 e. The second-order valence-electron chi connectivity index (χ2n) is 4.53. The van der Waals surface area contributed by atoms with Gasteiger partial charge in [0, 0.05) is 10.0 Å². The van der Waals surface area contributed by atoms with Crippen LogP contribution < -0.4 is 5.69 Å². The predicted molar refractivity (Wildman–Crippen MR) is 82.2 cm³/mol. The highest BCUT2D eigenvalue weighted by Crippen LogP contribution is 2.26. The third-order valence-electron chi connectivity index (χ3n) is 3.19. The molecule has 4 aromatic rings. The van der Waals surface area contributed by atoms with Crippen LogP contribution in [0.1, 0.15) is 0 Å². The Morgan fingerprint density at radius 3 is 2.67 bits per heavy atom. The van der Waals surface area contributed by atoms with Gasteiger partial charge in [-0.15, -0.1) is 4.98 Å². The Morgan fingerprint density at radius 2 is 1.86 bits per heavy atom. The lowest BCUT2D eigenvalue weighted by molar-refractivity contribution is 0.630. The Morgan fingerprint density at radius 1 is 1.05 bits per heavy atom. The number of aromatic nitrogens is 3. The minimum Gasteiger partial charge on any atom is -0.423 e. The Labute approximate surface area is 127 Å². The fourth-order valence-corrected chi connectivity index (χ4v) is 2.65. The molecule has 0 aliphatic heterocycles. The third kappa shape index (κ3) is 1.95. The van der Waals surface area contributed by atoms with Crippen LogP contribution in [0.4, 0.5) is 0 Å². The zero-order valence-corrected chi connectivity index (χ0v) is 12.2. The molecular weight excluding hydrogens is 334 g/mol. The summed E-state index contributed by atoms with van der Waals surface area (Å²) in [6, 6.07) is 15.1. The number of halogens is 1. The fraction of sp³-hybridized carbons (Fsp3) is 0. The molecule has 0 unspecified atom stereocenters. The minimum absolute atomic E-state index is 0.238. The van der Waals surface area contributed by atoms with Crippen LogP contribution in [0.2, 0.25) is 0 Å². The number of hydrogen-bond donors (Lipinski definition) is 0. The van der Waals surface area contributed by atoms with Gasteiger partial charge in [0.15, 0.2) is 11.4 Å². The summed E-state index contributed by atoms with van der Waals surface area (Å²) in [5.74, 6) is 0.754. The van der Waals surface area contributed by atoms with Crippen molar-refractivity contribution in [3.05, 3.63) is 63.5 Å². The van der Waals surface area contributed by atoms with Gasteiger partial charge in [0.1, 0.15) is 0 Å². The van der Waals surface area contributed by atoms with E-state index in [4.69, 9.17) is 4.42 Å². The molecule has 0 aliphatic rings. The maximum absolute atomic E-state index is 11.7. The first-order valence-electron chi connectivity index (χ1n) is 6.27. The lowest BCUT2D eigenvalue weighted by atomic mass is 10.2. The van der Waals surface area contributed by atoms with Crippen LogP contribution in [0.5, 0.6) is 0 Å². The lowest BCUT2D eigenvalue weighted by Gasteiger charge is -2.03. The first kappa shape index (κ1) is 12.3. The zero-order valence-electron chi connectivity index (χ0n) is 10.7. The number of hydrogen-bond acceptors (Lipinski definition) is 4. The van der Waals surface area contributed by atoms with Crippen LogP contribution >= 0.6 is 15.9 Å². The Balaban J connectivity index is 2.21. The summed E-state index contributed by atoms with van der Waals surface area (Å²) in [5.41, 5.74) is 1.72. The van der Waals surface area contributed by atoms with E-state index >= 15 is 0 Å². The maximum atomic E-state index is 11.7. The van der Waals surface area contributed by atoms with E-state index in [1.54, 1.807) is 4.40 Å². The summed E-state index contributed by atoms with van der Waals surface area (Å²) in [6.45, 7) is 0. The molecule has 0 saturated heterocycles. The molecule has 4 rings (SSSR count). The van der Waals surface area contributed by atoms with Crippen LogP contribution in [-0.2, 0) is 0 Å². The number of fused-ring (bicyclic) bond motifs is 3. The molecule has 2 aromatic carbocycles. The Kier molecular flexibility index (Phi) is 2.65. The van der Waals surface area contributed by atoms with Gasteiger partial charge in [-0.25, -0.2) is 9.20 Å². The molecule has 0 radical (unpaired) electrons. The maximum Gasteiger partial charge on any atom is 0.373 e. The molecule has 102 valence electrons. The first-order chi connectivity index (χ1) is 10.2. The number of oxazole rings is 1. The molecule has 2 heterocycles. The molecule has 21 heavy (non-hydrogen) atoms. The molecule has 5 nitrogen and oxygen atoms in total. The van der Waals surface area contributed by atoms with Crippen LogP contribution in [0, 0.1) is 0 Å². The van der Waals surface area contributed by atoms with E-state index in [9.17, 15) is 4.79 Å². The standard InChI is InChI=1S/C15H8BrN3O2/c16-10-6-7-12-11(8-10)19-13(9-4-2-1-3-5-9)17-14(20)18-15(19)21-12/h1-8H. The largest absolute Gasteiger partial charge is 0.423 e. The van der Waals surface area contributed by atoms with E-state index in [1.165, 1.54) is 0 Å². The average molecular weight is 342 g/mol. The lowest BCUT2D eigenvalue weighted by Crippen LogP contribution is -2.14. The molecule has 0 bridgehead atoms. The Bertz CT molecular complexity index is 1020. The minimum atomic E-state index is -0.563. The van der Waals surface area contributed by atoms with Crippen molar-refractivity contribution in [1.29, 1.82) is 0 Å². The molecule has 0 fully saturated rings. The zero-order chi connectivity index (χ0) is 14.4. The van der Waals surface area contributed by atoms with Crippen LogP contribution in [0.3, 0.4) is 0 Å². The van der Waals surface area contributed by atoms with E-state index in [2.05, 4.69) is 25.9 Å². The summed E-state index contributed by atoms with van der Waals surface area (Å²) in [4.78, 5) is 19.6. The highest BCUT2D eigenvalue weighted by molar-refractivity contribution is 9.10. The molecular formula is C15H8BrN3O2. The quantitative estimate of drug-likeness (QED) is 0.533. The summed E-state index contributed by atoms with van der Waals surface area (Å²) < 4.78 is 8.30. The molecule has 0 amide bonds. The van der Waals surface area contributed by atoms with Gasteiger partial charge < -0.3 is 4.42 Å². The van der Waals surface area contributed by atoms with Crippen molar-refractivity contribution in [1.82, 2.24) is 14.4 Å². The van der Waals surface area contributed by atoms with Crippen molar-refractivity contribution >= 4 is 32.9 Å². The van der Waals surface area contributed by atoms with Gasteiger partial charge in [0.2, 0.25) is 0 Å². The highest BCUT2D eigenvalue weighted by atomic mass is 79.9. The van der Waals surface area contributed by atoms with Crippen molar-refractivity contribution in [2.75, 3.05) is 0 Å². The third-order valence-corrected chi connectivity index (χ3v) is 3.68. The van der Waals surface area contributed by atoms with Crippen LogP contribution in [-0.4, -0.2) is 14.4 Å². The number of rotatable bonds is 1. The molecule has 0 atom stereocenters. The van der Waals surface area contributed by atoms with E-state index < -0.39 is 5.69 Å². The van der Waals surface area contributed by atoms with Gasteiger partial charge >= 0.3 is 11.5 Å².